The van der Waals surface area contributed by atoms with E-state index in [9.17, 15) is 23.3 Å². The van der Waals surface area contributed by atoms with Gasteiger partial charge in [0.15, 0.2) is 0 Å². The minimum atomic E-state index is -4.67. The van der Waals surface area contributed by atoms with Crippen molar-refractivity contribution in [2.75, 3.05) is 11.9 Å². The quantitative estimate of drug-likeness (QED) is 0.655. The number of nitrogens with zero attached hydrogens (tertiary/aromatic N) is 1. The standard InChI is InChI=1S/C11H14F3N3O2/c1-10(2,15)6-16-9-4-3-7(17(18)19)5-8(9)11(12,13)14/h3-5,16H,6,15H2,1-2H3. The van der Waals surface area contributed by atoms with Crippen LogP contribution >= 0.6 is 0 Å². The van der Waals surface area contributed by atoms with Gasteiger partial charge < -0.3 is 11.1 Å². The van der Waals surface area contributed by atoms with Gasteiger partial charge in [-0.15, -0.1) is 0 Å². The number of halogens is 3. The Kier molecular flexibility index (Phi) is 4.04. The predicted octanol–water partition coefficient (Wildman–Crippen LogP) is 2.76. The number of nitro benzene ring substituents is 1. The van der Waals surface area contributed by atoms with E-state index in [4.69, 9.17) is 5.73 Å². The molecule has 0 radical (unpaired) electrons. The van der Waals surface area contributed by atoms with Crippen LogP contribution in [-0.4, -0.2) is 17.0 Å². The topological polar surface area (TPSA) is 81.2 Å². The Labute approximate surface area is 107 Å². The first-order chi connectivity index (χ1) is 8.50. The fourth-order valence-corrected chi connectivity index (χ4v) is 1.36. The molecule has 0 saturated carbocycles. The monoisotopic (exact) mass is 277 g/mol. The fourth-order valence-electron chi connectivity index (χ4n) is 1.36. The average Bonchev–Trinajstić information content (AvgIpc) is 2.23. The first-order valence-electron chi connectivity index (χ1n) is 5.39. The van der Waals surface area contributed by atoms with Gasteiger partial charge in [-0.05, 0) is 19.9 Å². The van der Waals surface area contributed by atoms with E-state index in [-0.39, 0.29) is 12.2 Å². The molecule has 106 valence electrons. The molecule has 0 unspecified atom stereocenters. The normalized spacial score (nSPS) is 12.3. The lowest BCUT2D eigenvalue weighted by Crippen LogP contribution is -2.39. The van der Waals surface area contributed by atoms with E-state index in [1.165, 1.54) is 0 Å². The highest BCUT2D eigenvalue weighted by Gasteiger charge is 2.35. The van der Waals surface area contributed by atoms with Crippen LogP contribution < -0.4 is 11.1 Å². The molecule has 0 aliphatic heterocycles. The number of nitrogens with one attached hydrogen (secondary N) is 1. The third-order valence-corrected chi connectivity index (χ3v) is 2.25. The lowest BCUT2D eigenvalue weighted by molar-refractivity contribution is -0.385. The minimum Gasteiger partial charge on any atom is -0.383 e. The second-order valence-electron chi connectivity index (χ2n) is 4.83. The van der Waals surface area contributed by atoms with E-state index >= 15 is 0 Å². The van der Waals surface area contributed by atoms with Crippen LogP contribution in [0.5, 0.6) is 0 Å². The maximum absolute atomic E-state index is 12.8. The molecule has 5 nitrogen and oxygen atoms in total. The summed E-state index contributed by atoms with van der Waals surface area (Å²) in [6, 6.07) is 2.56. The zero-order valence-corrected chi connectivity index (χ0v) is 10.4. The van der Waals surface area contributed by atoms with Crippen LogP contribution in [0.4, 0.5) is 24.5 Å². The van der Waals surface area contributed by atoms with Gasteiger partial charge in [-0.25, -0.2) is 0 Å². The van der Waals surface area contributed by atoms with Crippen molar-refractivity contribution < 1.29 is 18.1 Å². The maximum Gasteiger partial charge on any atom is 0.418 e. The summed E-state index contributed by atoms with van der Waals surface area (Å²) in [4.78, 5) is 9.64. The Morgan fingerprint density at radius 1 is 1.37 bits per heavy atom. The van der Waals surface area contributed by atoms with Gasteiger partial charge in [0.1, 0.15) is 0 Å². The molecular weight excluding hydrogens is 263 g/mol. The summed E-state index contributed by atoms with van der Waals surface area (Å²) in [7, 11) is 0. The molecule has 8 heteroatoms. The second kappa shape index (κ2) is 5.04. The number of non-ortho nitro benzene ring substituents is 1. The highest BCUT2D eigenvalue weighted by atomic mass is 19.4. The average molecular weight is 277 g/mol. The first kappa shape index (κ1) is 15.2. The Morgan fingerprint density at radius 3 is 2.37 bits per heavy atom. The Morgan fingerprint density at radius 2 is 1.95 bits per heavy atom. The molecule has 1 aromatic carbocycles. The molecule has 1 aromatic rings. The van der Waals surface area contributed by atoms with Crippen molar-refractivity contribution >= 4 is 11.4 Å². The number of nitro groups is 1. The van der Waals surface area contributed by atoms with Gasteiger partial charge in [0.2, 0.25) is 0 Å². The van der Waals surface area contributed by atoms with Crippen molar-refractivity contribution in [1.29, 1.82) is 0 Å². The third-order valence-electron chi connectivity index (χ3n) is 2.25. The van der Waals surface area contributed by atoms with Crippen LogP contribution in [0.25, 0.3) is 0 Å². The summed E-state index contributed by atoms with van der Waals surface area (Å²) in [5.74, 6) is 0. The van der Waals surface area contributed by atoms with E-state index in [1.807, 2.05) is 0 Å². The molecule has 0 aromatic heterocycles. The molecule has 3 N–H and O–H groups in total. The highest BCUT2D eigenvalue weighted by molar-refractivity contribution is 5.57. The van der Waals surface area contributed by atoms with Gasteiger partial charge in [0.05, 0.1) is 10.5 Å². The van der Waals surface area contributed by atoms with Gasteiger partial charge in [0, 0.05) is 29.9 Å². The minimum absolute atomic E-state index is 0.105. The van der Waals surface area contributed by atoms with Gasteiger partial charge in [-0.3, -0.25) is 10.1 Å². The predicted molar refractivity (Wildman–Crippen MR) is 64.9 cm³/mol. The van der Waals surface area contributed by atoms with Gasteiger partial charge >= 0.3 is 6.18 Å². The van der Waals surface area contributed by atoms with Crippen molar-refractivity contribution in [2.45, 2.75) is 25.6 Å². The lowest BCUT2D eigenvalue weighted by Gasteiger charge is -2.21. The van der Waals surface area contributed by atoms with Crippen LogP contribution in [0, 0.1) is 10.1 Å². The van der Waals surface area contributed by atoms with Crippen molar-refractivity contribution in [3.05, 3.63) is 33.9 Å². The smallest absolute Gasteiger partial charge is 0.383 e. The SMILES string of the molecule is CC(C)(N)CNc1ccc([N+](=O)[O-])cc1C(F)(F)F. The van der Waals surface area contributed by atoms with Crippen LogP contribution in [0.15, 0.2) is 18.2 Å². The van der Waals surface area contributed by atoms with Crippen molar-refractivity contribution in [3.63, 3.8) is 0 Å². The molecule has 0 aliphatic carbocycles. The molecule has 0 heterocycles. The van der Waals surface area contributed by atoms with E-state index in [1.54, 1.807) is 13.8 Å². The number of anilines is 1. The number of nitrogens with two attached hydrogens (primary N) is 1. The molecule has 19 heavy (non-hydrogen) atoms. The number of hydrogen-bond donors (Lipinski definition) is 2. The summed E-state index contributed by atoms with van der Waals surface area (Å²) >= 11 is 0. The summed E-state index contributed by atoms with van der Waals surface area (Å²) in [6.45, 7) is 3.41. The molecule has 0 bridgehead atoms. The van der Waals surface area contributed by atoms with E-state index in [2.05, 4.69) is 5.32 Å². The van der Waals surface area contributed by atoms with Crippen molar-refractivity contribution in [2.24, 2.45) is 5.73 Å². The largest absolute Gasteiger partial charge is 0.418 e. The fraction of sp³-hybridized carbons (Fsp3) is 0.455. The van der Waals surface area contributed by atoms with E-state index < -0.39 is 27.9 Å². The first-order valence-corrected chi connectivity index (χ1v) is 5.39. The zero-order chi connectivity index (χ0) is 14.8. The molecule has 0 aliphatic rings. The summed E-state index contributed by atoms with van der Waals surface area (Å²) in [5, 5.41) is 13.1. The lowest BCUT2D eigenvalue weighted by atomic mass is 10.1. The van der Waals surface area contributed by atoms with Crippen molar-refractivity contribution in [1.82, 2.24) is 0 Å². The van der Waals surface area contributed by atoms with Crippen LogP contribution in [0.2, 0.25) is 0 Å². The third kappa shape index (κ3) is 4.40. The van der Waals surface area contributed by atoms with Crippen molar-refractivity contribution in [3.8, 4) is 0 Å². The Balaban J connectivity index is 3.13. The summed E-state index contributed by atoms with van der Waals surface area (Å²) < 4.78 is 38.5. The van der Waals surface area contributed by atoms with Crippen LogP contribution in [0.1, 0.15) is 19.4 Å². The molecule has 0 spiro atoms. The number of hydrogen-bond acceptors (Lipinski definition) is 4. The second-order valence-corrected chi connectivity index (χ2v) is 4.83. The van der Waals surface area contributed by atoms with Crippen LogP contribution in [0.3, 0.4) is 0 Å². The summed E-state index contributed by atoms with van der Waals surface area (Å²) in [6.07, 6.45) is -4.67. The zero-order valence-electron chi connectivity index (χ0n) is 10.4. The molecule has 0 saturated heterocycles. The maximum atomic E-state index is 12.8. The number of rotatable bonds is 4. The molecular formula is C11H14F3N3O2. The number of alkyl halides is 3. The molecule has 0 atom stereocenters. The number of benzene rings is 1. The van der Waals surface area contributed by atoms with Gasteiger partial charge in [-0.1, -0.05) is 0 Å². The van der Waals surface area contributed by atoms with E-state index in [0.29, 0.717) is 6.07 Å². The molecule has 1 rings (SSSR count). The Bertz CT molecular complexity index is 481. The van der Waals surface area contributed by atoms with Crippen LogP contribution in [-0.2, 0) is 6.18 Å². The molecule has 0 fully saturated rings. The highest BCUT2D eigenvalue weighted by Crippen LogP contribution is 2.37. The molecule has 0 amide bonds. The van der Waals surface area contributed by atoms with Gasteiger partial charge in [-0.2, -0.15) is 13.2 Å². The van der Waals surface area contributed by atoms with E-state index in [0.717, 1.165) is 12.1 Å². The summed E-state index contributed by atoms with van der Waals surface area (Å²) in [5.41, 5.74) is 3.06. The van der Waals surface area contributed by atoms with Gasteiger partial charge in [0.25, 0.3) is 5.69 Å². The Hall–Kier alpha value is -1.83.